The molecule has 1 aromatic heterocycles. The number of carbonyl (C=O) groups excluding carboxylic acids is 1. The summed E-state index contributed by atoms with van der Waals surface area (Å²) in [5.41, 5.74) is 1.45. The van der Waals surface area contributed by atoms with Gasteiger partial charge in [0.05, 0.1) is 23.3 Å². The molecule has 0 unspecified atom stereocenters. The van der Waals surface area contributed by atoms with Crippen molar-refractivity contribution in [3.63, 3.8) is 0 Å². The van der Waals surface area contributed by atoms with Crippen molar-refractivity contribution < 1.29 is 4.79 Å². The molecule has 0 saturated heterocycles. The number of nitrogens with one attached hydrogen (secondary N) is 1. The second-order valence-corrected chi connectivity index (χ2v) is 6.69. The summed E-state index contributed by atoms with van der Waals surface area (Å²) in [6.45, 7) is 1.96. The van der Waals surface area contributed by atoms with Crippen molar-refractivity contribution >= 4 is 32.7 Å². The van der Waals surface area contributed by atoms with E-state index in [9.17, 15) is 9.59 Å². The molecule has 2 aromatic carbocycles. The lowest BCUT2D eigenvalue weighted by molar-refractivity contribution is -0.122. The second-order valence-electron chi connectivity index (χ2n) is 5.77. The molecule has 0 aliphatic heterocycles. The molecule has 0 aliphatic rings. The third-order valence-electron chi connectivity index (χ3n) is 4.06. The monoisotopic (exact) mass is 399 g/mol. The van der Waals surface area contributed by atoms with Gasteiger partial charge < -0.3 is 5.32 Å². The molecule has 0 bridgehead atoms. The number of halogens is 1. The maximum absolute atomic E-state index is 12.5. The van der Waals surface area contributed by atoms with Gasteiger partial charge in [-0.25, -0.2) is 4.98 Å². The molecule has 0 aliphatic carbocycles. The van der Waals surface area contributed by atoms with Crippen LogP contribution in [0, 0.1) is 0 Å². The quantitative estimate of drug-likeness (QED) is 0.714. The molecule has 1 atom stereocenters. The molecule has 0 fully saturated rings. The summed E-state index contributed by atoms with van der Waals surface area (Å²) in [5, 5.41) is 3.50. The summed E-state index contributed by atoms with van der Waals surface area (Å²) >= 11 is 3.41. The number of para-hydroxylation sites is 1. The lowest BCUT2D eigenvalue weighted by atomic mass is 10.0. The van der Waals surface area contributed by atoms with Gasteiger partial charge in [0.2, 0.25) is 5.91 Å². The number of rotatable bonds is 5. The van der Waals surface area contributed by atoms with Crippen LogP contribution in [0.5, 0.6) is 0 Å². The Bertz CT molecular complexity index is 951. The van der Waals surface area contributed by atoms with Crippen molar-refractivity contribution in [2.45, 2.75) is 25.9 Å². The Morgan fingerprint density at radius 3 is 2.64 bits per heavy atom. The van der Waals surface area contributed by atoms with Crippen LogP contribution in [0.2, 0.25) is 0 Å². The maximum atomic E-state index is 12.5. The topological polar surface area (TPSA) is 64.0 Å². The zero-order valence-corrected chi connectivity index (χ0v) is 15.4. The average molecular weight is 400 g/mol. The maximum Gasteiger partial charge on any atom is 0.261 e. The third kappa shape index (κ3) is 3.96. The predicted octanol–water partition coefficient (Wildman–Crippen LogP) is 3.43. The second kappa shape index (κ2) is 7.61. The van der Waals surface area contributed by atoms with Crippen LogP contribution < -0.4 is 10.9 Å². The highest BCUT2D eigenvalue weighted by molar-refractivity contribution is 9.10. The number of nitrogens with zero attached hydrogens (tertiary/aromatic N) is 2. The highest BCUT2D eigenvalue weighted by Gasteiger charge is 2.14. The smallest absolute Gasteiger partial charge is 0.261 e. The summed E-state index contributed by atoms with van der Waals surface area (Å²) in [6.07, 6.45) is 2.18. The van der Waals surface area contributed by atoms with Crippen LogP contribution in [0.4, 0.5) is 0 Å². The van der Waals surface area contributed by atoms with E-state index in [0.717, 1.165) is 16.5 Å². The Hall–Kier alpha value is -2.47. The average Bonchev–Trinajstić information content (AvgIpc) is 2.63. The molecule has 1 heterocycles. The molecule has 0 spiro atoms. The van der Waals surface area contributed by atoms with E-state index in [1.54, 1.807) is 18.2 Å². The molecule has 0 saturated carbocycles. The molecule has 5 nitrogen and oxygen atoms in total. The predicted molar refractivity (Wildman–Crippen MR) is 101 cm³/mol. The van der Waals surface area contributed by atoms with Gasteiger partial charge in [-0.2, -0.15) is 0 Å². The van der Waals surface area contributed by atoms with E-state index in [2.05, 4.69) is 26.2 Å². The van der Waals surface area contributed by atoms with Gasteiger partial charge in [-0.1, -0.05) is 47.1 Å². The van der Waals surface area contributed by atoms with E-state index in [4.69, 9.17) is 0 Å². The fourth-order valence-corrected chi connectivity index (χ4v) is 2.99. The van der Waals surface area contributed by atoms with Crippen LogP contribution in [0.1, 0.15) is 24.9 Å². The molecule has 128 valence electrons. The Kier molecular flexibility index (Phi) is 5.28. The molecule has 25 heavy (non-hydrogen) atoms. The van der Waals surface area contributed by atoms with Crippen molar-refractivity contribution in [3.05, 3.63) is 75.2 Å². The van der Waals surface area contributed by atoms with Gasteiger partial charge in [-0.05, 0) is 36.2 Å². The van der Waals surface area contributed by atoms with Crippen molar-refractivity contribution in [1.82, 2.24) is 14.9 Å². The fourth-order valence-electron chi connectivity index (χ4n) is 2.73. The molecular formula is C19H18BrN3O2. The van der Waals surface area contributed by atoms with Gasteiger partial charge >= 0.3 is 0 Å². The van der Waals surface area contributed by atoms with Crippen molar-refractivity contribution in [3.8, 4) is 0 Å². The SMILES string of the molecule is CC[C@@H](NC(=O)Cn1cnc2ccccc2c1=O)c1ccc(Br)cc1. The fraction of sp³-hybridized carbons (Fsp3) is 0.211. The zero-order valence-electron chi connectivity index (χ0n) is 13.8. The minimum Gasteiger partial charge on any atom is -0.348 e. The Balaban J connectivity index is 1.76. The summed E-state index contributed by atoms with van der Waals surface area (Å²) in [4.78, 5) is 29.1. The van der Waals surface area contributed by atoms with Crippen LogP contribution in [0.3, 0.4) is 0 Å². The number of benzene rings is 2. The van der Waals surface area contributed by atoms with Crippen LogP contribution in [-0.4, -0.2) is 15.5 Å². The third-order valence-corrected chi connectivity index (χ3v) is 4.59. The van der Waals surface area contributed by atoms with Gasteiger partial charge in [-0.15, -0.1) is 0 Å². The number of hydrogen-bond acceptors (Lipinski definition) is 3. The Labute approximate surface area is 153 Å². The van der Waals surface area contributed by atoms with E-state index < -0.39 is 0 Å². The van der Waals surface area contributed by atoms with Gasteiger partial charge in [0.15, 0.2) is 0 Å². The zero-order chi connectivity index (χ0) is 17.8. The first kappa shape index (κ1) is 17.4. The van der Waals surface area contributed by atoms with Crippen LogP contribution >= 0.6 is 15.9 Å². The summed E-state index contributed by atoms with van der Waals surface area (Å²) in [7, 11) is 0. The van der Waals surface area contributed by atoms with E-state index >= 15 is 0 Å². The highest BCUT2D eigenvalue weighted by Crippen LogP contribution is 2.19. The number of aromatic nitrogens is 2. The van der Waals surface area contributed by atoms with Gasteiger partial charge in [-0.3, -0.25) is 14.2 Å². The molecular weight excluding hydrogens is 382 g/mol. The molecule has 1 N–H and O–H groups in total. The standard InChI is InChI=1S/C19H18BrN3O2/c1-2-16(13-7-9-14(20)10-8-13)22-18(24)11-23-12-21-17-6-4-3-5-15(17)19(23)25/h3-10,12,16H,2,11H2,1H3,(H,22,24)/t16-/m1/s1. The van der Waals surface area contributed by atoms with E-state index in [0.29, 0.717) is 10.9 Å². The summed E-state index contributed by atoms with van der Waals surface area (Å²) in [5.74, 6) is -0.214. The molecule has 1 amide bonds. The number of carbonyl (C=O) groups is 1. The lowest BCUT2D eigenvalue weighted by Crippen LogP contribution is -2.34. The van der Waals surface area contributed by atoms with Crippen molar-refractivity contribution in [1.29, 1.82) is 0 Å². The van der Waals surface area contributed by atoms with Crippen molar-refractivity contribution in [2.75, 3.05) is 0 Å². The normalized spacial score (nSPS) is 12.1. The summed E-state index contributed by atoms with van der Waals surface area (Å²) < 4.78 is 2.33. The molecule has 0 radical (unpaired) electrons. The van der Waals surface area contributed by atoms with E-state index in [1.165, 1.54) is 10.9 Å². The molecule has 6 heteroatoms. The first-order valence-electron chi connectivity index (χ1n) is 8.07. The number of fused-ring (bicyclic) bond motifs is 1. The Morgan fingerprint density at radius 1 is 1.20 bits per heavy atom. The van der Waals surface area contributed by atoms with Crippen LogP contribution in [0.25, 0.3) is 10.9 Å². The minimum absolute atomic E-state index is 0.0519. The largest absolute Gasteiger partial charge is 0.348 e. The van der Waals surface area contributed by atoms with Crippen LogP contribution in [0.15, 0.2) is 64.1 Å². The minimum atomic E-state index is -0.214. The Morgan fingerprint density at radius 2 is 1.92 bits per heavy atom. The van der Waals surface area contributed by atoms with Gasteiger partial charge in [0, 0.05) is 4.47 Å². The van der Waals surface area contributed by atoms with Gasteiger partial charge in [0.25, 0.3) is 5.56 Å². The number of hydrogen-bond donors (Lipinski definition) is 1. The number of amides is 1. The molecule has 3 rings (SSSR count). The lowest BCUT2D eigenvalue weighted by Gasteiger charge is -2.18. The van der Waals surface area contributed by atoms with E-state index in [-0.39, 0.29) is 24.1 Å². The highest BCUT2D eigenvalue weighted by atomic mass is 79.9. The summed E-state index contributed by atoms with van der Waals surface area (Å²) in [6, 6.07) is 14.9. The first-order chi connectivity index (χ1) is 12.1. The molecule has 3 aromatic rings. The van der Waals surface area contributed by atoms with Crippen LogP contribution in [-0.2, 0) is 11.3 Å². The first-order valence-corrected chi connectivity index (χ1v) is 8.87. The van der Waals surface area contributed by atoms with E-state index in [1.807, 2.05) is 37.3 Å². The van der Waals surface area contributed by atoms with Gasteiger partial charge in [0.1, 0.15) is 6.54 Å². The van der Waals surface area contributed by atoms with Crippen molar-refractivity contribution in [2.24, 2.45) is 0 Å².